The summed E-state index contributed by atoms with van der Waals surface area (Å²) in [5.41, 5.74) is 0.738. The summed E-state index contributed by atoms with van der Waals surface area (Å²) >= 11 is 0. The van der Waals surface area contributed by atoms with Crippen LogP contribution in [0.5, 0.6) is 11.5 Å². The monoisotopic (exact) mass is 322 g/mol. The lowest BCUT2D eigenvalue weighted by Gasteiger charge is -2.17. The predicted molar refractivity (Wildman–Crippen MR) is 94.3 cm³/mol. The molecule has 0 aromatic heterocycles. The van der Waals surface area contributed by atoms with Crippen LogP contribution in [0, 0.1) is 0 Å². The molecule has 3 rings (SSSR count). The number of rotatable bonds is 4. The van der Waals surface area contributed by atoms with Gasteiger partial charge in [0.05, 0.1) is 5.69 Å². The van der Waals surface area contributed by atoms with Crippen LogP contribution < -0.4 is 15.4 Å². The summed E-state index contributed by atoms with van der Waals surface area (Å²) in [6.07, 6.45) is -0.524. The van der Waals surface area contributed by atoms with Gasteiger partial charge < -0.3 is 20.5 Å². The quantitative estimate of drug-likeness (QED) is 0.634. The number of carbonyl (C=O) groups excluding carboxylic acids is 1. The topological polar surface area (TPSA) is 70.6 Å². The maximum atomic E-state index is 12.2. The van der Waals surface area contributed by atoms with Crippen molar-refractivity contribution in [2.24, 2.45) is 0 Å². The molecule has 0 aliphatic carbocycles. The van der Waals surface area contributed by atoms with Crippen LogP contribution in [-0.4, -0.2) is 17.4 Å². The van der Waals surface area contributed by atoms with Crippen molar-refractivity contribution in [3.05, 3.63) is 66.7 Å². The molecule has 0 aliphatic rings. The molecule has 0 spiro atoms. The Morgan fingerprint density at radius 2 is 1.71 bits per heavy atom. The minimum Gasteiger partial charge on any atom is -0.508 e. The molecule has 0 radical (unpaired) electrons. The molecule has 3 N–H and O–H groups in total. The van der Waals surface area contributed by atoms with Gasteiger partial charge in [0, 0.05) is 5.39 Å². The molecule has 2 amide bonds. The standard InChI is InChI=1S/C19H18N2O3/c1-13(24-16-11-9-15(22)10-12-16)20-19(23)21-18-8-4-6-14-5-2-3-7-17(14)18/h2-13,22H,1H3,(H2,20,21,23). The van der Waals surface area contributed by atoms with Crippen LogP contribution in [-0.2, 0) is 0 Å². The molecular weight excluding hydrogens is 304 g/mol. The molecule has 0 saturated heterocycles. The zero-order valence-corrected chi connectivity index (χ0v) is 13.2. The highest BCUT2D eigenvalue weighted by molar-refractivity contribution is 6.01. The van der Waals surface area contributed by atoms with Gasteiger partial charge in [0.1, 0.15) is 11.5 Å². The smallest absolute Gasteiger partial charge is 0.322 e. The number of carbonyl (C=O) groups is 1. The number of fused-ring (bicyclic) bond motifs is 1. The fraction of sp³-hybridized carbons (Fsp3) is 0.105. The van der Waals surface area contributed by atoms with E-state index in [0.717, 1.165) is 16.5 Å². The van der Waals surface area contributed by atoms with Crippen LogP contribution >= 0.6 is 0 Å². The number of ether oxygens (including phenoxy) is 1. The zero-order chi connectivity index (χ0) is 16.9. The van der Waals surface area contributed by atoms with E-state index >= 15 is 0 Å². The van der Waals surface area contributed by atoms with Crippen molar-refractivity contribution < 1.29 is 14.6 Å². The van der Waals surface area contributed by atoms with E-state index in [0.29, 0.717) is 5.75 Å². The highest BCUT2D eigenvalue weighted by Crippen LogP contribution is 2.23. The minimum absolute atomic E-state index is 0.164. The van der Waals surface area contributed by atoms with E-state index < -0.39 is 6.23 Å². The predicted octanol–water partition coefficient (Wildman–Crippen LogP) is 4.09. The molecule has 5 heteroatoms. The van der Waals surface area contributed by atoms with Gasteiger partial charge in [-0.2, -0.15) is 0 Å². The molecule has 1 unspecified atom stereocenters. The fourth-order valence-electron chi connectivity index (χ4n) is 2.44. The highest BCUT2D eigenvalue weighted by Gasteiger charge is 2.10. The molecular formula is C19H18N2O3. The SMILES string of the molecule is CC(NC(=O)Nc1cccc2ccccc12)Oc1ccc(O)cc1. The summed E-state index contributed by atoms with van der Waals surface area (Å²) in [5, 5.41) is 16.8. The number of phenols is 1. The first-order valence-electron chi connectivity index (χ1n) is 7.63. The molecule has 122 valence electrons. The van der Waals surface area contributed by atoms with Crippen LogP contribution in [0.3, 0.4) is 0 Å². The lowest BCUT2D eigenvalue weighted by molar-refractivity contribution is 0.183. The van der Waals surface area contributed by atoms with Crippen molar-refractivity contribution in [1.82, 2.24) is 5.32 Å². The third-order valence-corrected chi connectivity index (χ3v) is 3.52. The Kier molecular flexibility index (Phi) is 4.52. The van der Waals surface area contributed by atoms with E-state index in [1.165, 1.54) is 12.1 Å². The van der Waals surface area contributed by atoms with Gasteiger partial charge in [-0.3, -0.25) is 0 Å². The van der Waals surface area contributed by atoms with Crippen molar-refractivity contribution in [3.8, 4) is 11.5 Å². The van der Waals surface area contributed by atoms with Gasteiger partial charge >= 0.3 is 6.03 Å². The van der Waals surface area contributed by atoms with E-state index in [2.05, 4.69) is 10.6 Å². The van der Waals surface area contributed by atoms with Gasteiger partial charge in [-0.05, 0) is 42.6 Å². The lowest BCUT2D eigenvalue weighted by atomic mass is 10.1. The number of aromatic hydroxyl groups is 1. The van der Waals surface area contributed by atoms with Gasteiger partial charge in [0.25, 0.3) is 0 Å². The average Bonchev–Trinajstić information content (AvgIpc) is 2.57. The van der Waals surface area contributed by atoms with E-state index in [-0.39, 0.29) is 11.8 Å². The first kappa shape index (κ1) is 15.7. The molecule has 24 heavy (non-hydrogen) atoms. The minimum atomic E-state index is -0.524. The summed E-state index contributed by atoms with van der Waals surface area (Å²) < 4.78 is 5.58. The first-order valence-corrected chi connectivity index (χ1v) is 7.63. The molecule has 5 nitrogen and oxygen atoms in total. The van der Waals surface area contributed by atoms with Gasteiger partial charge in [-0.25, -0.2) is 4.79 Å². The Bertz CT molecular complexity index is 841. The van der Waals surface area contributed by atoms with Crippen LogP contribution in [0.2, 0.25) is 0 Å². The van der Waals surface area contributed by atoms with Crippen molar-refractivity contribution in [1.29, 1.82) is 0 Å². The van der Waals surface area contributed by atoms with E-state index in [9.17, 15) is 9.90 Å². The summed E-state index contributed by atoms with van der Waals surface area (Å²) in [6.45, 7) is 1.73. The second kappa shape index (κ2) is 6.91. The molecule has 0 bridgehead atoms. The largest absolute Gasteiger partial charge is 0.508 e. The molecule has 0 saturated carbocycles. The summed E-state index contributed by atoms with van der Waals surface area (Å²) in [6, 6.07) is 19.6. The van der Waals surface area contributed by atoms with Gasteiger partial charge in [-0.15, -0.1) is 0 Å². The first-order chi connectivity index (χ1) is 11.6. The number of hydrogen-bond donors (Lipinski definition) is 3. The fourth-order valence-corrected chi connectivity index (χ4v) is 2.44. The van der Waals surface area contributed by atoms with Crippen LogP contribution in [0.25, 0.3) is 10.8 Å². The molecule has 0 heterocycles. The second-order valence-corrected chi connectivity index (χ2v) is 5.38. The maximum Gasteiger partial charge on any atom is 0.322 e. The Morgan fingerprint density at radius 3 is 2.50 bits per heavy atom. The third kappa shape index (κ3) is 3.76. The summed E-state index contributed by atoms with van der Waals surface area (Å²) in [7, 11) is 0. The number of nitrogens with one attached hydrogen (secondary N) is 2. The van der Waals surface area contributed by atoms with E-state index in [1.807, 2.05) is 42.5 Å². The Labute approximate surface area is 139 Å². The average molecular weight is 322 g/mol. The number of anilines is 1. The Morgan fingerprint density at radius 1 is 1.00 bits per heavy atom. The van der Waals surface area contributed by atoms with Crippen LogP contribution in [0.1, 0.15) is 6.92 Å². The zero-order valence-electron chi connectivity index (χ0n) is 13.2. The Balaban J connectivity index is 1.63. The normalized spacial score (nSPS) is 11.7. The van der Waals surface area contributed by atoms with E-state index in [1.54, 1.807) is 19.1 Å². The molecule has 0 fully saturated rings. The molecule has 1 atom stereocenters. The third-order valence-electron chi connectivity index (χ3n) is 3.52. The van der Waals surface area contributed by atoms with Crippen molar-refractivity contribution in [3.63, 3.8) is 0 Å². The number of urea groups is 1. The maximum absolute atomic E-state index is 12.2. The second-order valence-electron chi connectivity index (χ2n) is 5.38. The van der Waals surface area contributed by atoms with Crippen molar-refractivity contribution in [2.45, 2.75) is 13.2 Å². The van der Waals surface area contributed by atoms with Gasteiger partial charge in [-0.1, -0.05) is 36.4 Å². The summed E-state index contributed by atoms with van der Waals surface area (Å²) in [4.78, 5) is 12.2. The molecule has 3 aromatic rings. The number of phenolic OH excluding ortho intramolecular Hbond substituents is 1. The number of amides is 2. The van der Waals surface area contributed by atoms with E-state index in [4.69, 9.17) is 4.74 Å². The van der Waals surface area contributed by atoms with Gasteiger partial charge in [0.15, 0.2) is 6.23 Å². The van der Waals surface area contributed by atoms with Gasteiger partial charge in [0.2, 0.25) is 0 Å². The highest BCUT2D eigenvalue weighted by atomic mass is 16.5. The van der Waals surface area contributed by atoms with Crippen LogP contribution in [0.15, 0.2) is 66.7 Å². The molecule has 0 aliphatic heterocycles. The van der Waals surface area contributed by atoms with Crippen molar-refractivity contribution >= 4 is 22.5 Å². The van der Waals surface area contributed by atoms with Crippen molar-refractivity contribution in [2.75, 3.05) is 5.32 Å². The lowest BCUT2D eigenvalue weighted by Crippen LogP contribution is -2.39. The van der Waals surface area contributed by atoms with Crippen LogP contribution in [0.4, 0.5) is 10.5 Å². The molecule has 3 aromatic carbocycles. The number of benzene rings is 3. The Hall–Kier alpha value is -3.21. The summed E-state index contributed by atoms with van der Waals surface area (Å²) in [5.74, 6) is 0.724. The number of hydrogen-bond acceptors (Lipinski definition) is 3.